The second-order valence-electron chi connectivity index (χ2n) is 3.54. The molecule has 4 heteroatoms. The van der Waals surface area contributed by atoms with Crippen molar-refractivity contribution >= 4 is 5.97 Å². The summed E-state index contributed by atoms with van der Waals surface area (Å²) in [5.41, 5.74) is 1.09. The van der Waals surface area contributed by atoms with Gasteiger partial charge < -0.3 is 9.52 Å². The zero-order valence-corrected chi connectivity index (χ0v) is 8.88. The van der Waals surface area contributed by atoms with E-state index in [1.165, 1.54) is 6.07 Å². The summed E-state index contributed by atoms with van der Waals surface area (Å²) in [4.78, 5) is 10.6. The maximum Gasteiger partial charge on any atom is 0.371 e. The summed E-state index contributed by atoms with van der Waals surface area (Å²) >= 11 is 0. The van der Waals surface area contributed by atoms with Gasteiger partial charge in [0.25, 0.3) is 0 Å². The number of carbonyl (C=O) groups is 1. The first kappa shape index (κ1) is 10.4. The Balaban J connectivity index is 2.21. The van der Waals surface area contributed by atoms with E-state index in [0.717, 1.165) is 5.69 Å². The van der Waals surface area contributed by atoms with Crippen molar-refractivity contribution in [2.75, 3.05) is 0 Å². The zero-order valence-electron chi connectivity index (χ0n) is 8.88. The van der Waals surface area contributed by atoms with Crippen molar-refractivity contribution in [2.24, 2.45) is 0 Å². The van der Waals surface area contributed by atoms with Gasteiger partial charge in [0.05, 0.1) is 0 Å². The minimum atomic E-state index is -1.04. The quantitative estimate of drug-likeness (QED) is 0.796. The molecule has 2 aromatic heterocycles. The number of aromatic carboxylic acids is 1. The van der Waals surface area contributed by atoms with Gasteiger partial charge in [0.1, 0.15) is 0 Å². The molecule has 1 N–H and O–H groups in total. The lowest BCUT2D eigenvalue weighted by molar-refractivity contribution is -0.695. The summed E-state index contributed by atoms with van der Waals surface area (Å²) in [6.45, 7) is 2.53. The molecule has 0 atom stereocenters. The van der Waals surface area contributed by atoms with E-state index in [9.17, 15) is 4.79 Å². The molecular weight excluding hydrogens is 206 g/mol. The highest BCUT2D eigenvalue weighted by atomic mass is 16.4. The number of hydrogen-bond donors (Lipinski definition) is 1. The highest BCUT2D eigenvalue weighted by Crippen LogP contribution is 2.07. The number of aromatic nitrogens is 1. The van der Waals surface area contributed by atoms with E-state index in [0.29, 0.717) is 12.3 Å². The summed E-state index contributed by atoms with van der Waals surface area (Å²) in [6.07, 6.45) is 1.93. The third-order valence-corrected chi connectivity index (χ3v) is 2.37. The average Bonchev–Trinajstić information content (AvgIpc) is 2.70. The normalized spacial score (nSPS) is 10.3. The molecule has 0 radical (unpaired) electrons. The van der Waals surface area contributed by atoms with Crippen LogP contribution in [0.25, 0.3) is 0 Å². The topological polar surface area (TPSA) is 54.3 Å². The fourth-order valence-corrected chi connectivity index (χ4v) is 1.48. The van der Waals surface area contributed by atoms with Gasteiger partial charge in [-0.25, -0.2) is 4.79 Å². The molecule has 0 bridgehead atoms. The lowest BCUT2D eigenvalue weighted by atomic mass is 10.3. The molecule has 0 aliphatic rings. The fraction of sp³-hybridized carbons (Fsp3) is 0.167. The third kappa shape index (κ3) is 2.11. The smallest absolute Gasteiger partial charge is 0.371 e. The molecule has 16 heavy (non-hydrogen) atoms. The number of carboxylic acid groups (broad SMARTS) is 1. The van der Waals surface area contributed by atoms with Gasteiger partial charge in [-0.05, 0) is 12.1 Å². The Hall–Kier alpha value is -2.10. The van der Waals surface area contributed by atoms with Gasteiger partial charge in [-0.2, -0.15) is 4.57 Å². The number of rotatable bonds is 3. The third-order valence-electron chi connectivity index (χ3n) is 2.37. The van der Waals surface area contributed by atoms with Gasteiger partial charge in [-0.3, -0.25) is 0 Å². The predicted octanol–water partition coefficient (Wildman–Crippen LogP) is 1.62. The lowest BCUT2D eigenvalue weighted by Gasteiger charge is -1.96. The minimum Gasteiger partial charge on any atom is -0.475 e. The molecule has 0 aliphatic heterocycles. The SMILES string of the molecule is Cc1cccc[n+]1Cc1ccc(C(=O)O)o1. The molecule has 0 aromatic carbocycles. The number of pyridine rings is 1. The zero-order chi connectivity index (χ0) is 11.5. The second kappa shape index (κ2) is 4.18. The Morgan fingerprint density at radius 3 is 2.81 bits per heavy atom. The highest BCUT2D eigenvalue weighted by Gasteiger charge is 2.13. The van der Waals surface area contributed by atoms with Crippen LogP contribution in [-0.2, 0) is 6.54 Å². The molecule has 2 aromatic rings. The first-order valence-electron chi connectivity index (χ1n) is 4.94. The molecule has 4 nitrogen and oxygen atoms in total. The molecular formula is C12H12NO3+. The Labute approximate surface area is 92.8 Å². The van der Waals surface area contributed by atoms with Crippen LogP contribution in [-0.4, -0.2) is 11.1 Å². The van der Waals surface area contributed by atoms with Gasteiger partial charge in [0, 0.05) is 19.1 Å². The molecule has 0 unspecified atom stereocenters. The van der Waals surface area contributed by atoms with Crippen LogP contribution in [0, 0.1) is 6.92 Å². The first-order chi connectivity index (χ1) is 7.66. The van der Waals surface area contributed by atoms with Crippen LogP contribution in [0.2, 0.25) is 0 Å². The summed E-state index contributed by atoms with van der Waals surface area (Å²) in [7, 11) is 0. The average molecular weight is 218 g/mol. The van der Waals surface area contributed by atoms with E-state index in [1.54, 1.807) is 6.07 Å². The Kier molecular flexibility index (Phi) is 2.72. The molecule has 0 aliphatic carbocycles. The van der Waals surface area contributed by atoms with Crippen LogP contribution in [0.5, 0.6) is 0 Å². The Morgan fingerprint density at radius 2 is 2.19 bits per heavy atom. The van der Waals surface area contributed by atoms with Crippen LogP contribution in [0.4, 0.5) is 0 Å². The van der Waals surface area contributed by atoms with E-state index in [1.807, 2.05) is 35.9 Å². The number of aryl methyl sites for hydroxylation is 1. The van der Waals surface area contributed by atoms with Crippen molar-refractivity contribution < 1.29 is 18.9 Å². The van der Waals surface area contributed by atoms with Gasteiger partial charge in [-0.1, -0.05) is 6.07 Å². The number of nitrogens with zero attached hydrogens (tertiary/aromatic N) is 1. The van der Waals surface area contributed by atoms with Crippen LogP contribution in [0.15, 0.2) is 40.9 Å². The summed E-state index contributed by atoms with van der Waals surface area (Å²) in [6, 6.07) is 9.02. The van der Waals surface area contributed by atoms with Crippen LogP contribution < -0.4 is 4.57 Å². The Morgan fingerprint density at radius 1 is 1.38 bits per heavy atom. The maximum atomic E-state index is 10.6. The van der Waals surface area contributed by atoms with E-state index in [-0.39, 0.29) is 5.76 Å². The molecule has 0 saturated carbocycles. The molecule has 0 spiro atoms. The van der Waals surface area contributed by atoms with Crippen LogP contribution in [0.3, 0.4) is 0 Å². The van der Waals surface area contributed by atoms with Crippen molar-refractivity contribution in [3.63, 3.8) is 0 Å². The molecule has 2 heterocycles. The summed E-state index contributed by atoms with van der Waals surface area (Å²) in [5, 5.41) is 8.72. The molecule has 2 rings (SSSR count). The maximum absolute atomic E-state index is 10.6. The van der Waals surface area contributed by atoms with Crippen molar-refractivity contribution in [1.29, 1.82) is 0 Å². The van der Waals surface area contributed by atoms with Gasteiger partial charge in [0.2, 0.25) is 12.3 Å². The van der Waals surface area contributed by atoms with Crippen LogP contribution >= 0.6 is 0 Å². The highest BCUT2D eigenvalue weighted by molar-refractivity contribution is 5.84. The van der Waals surface area contributed by atoms with Gasteiger partial charge in [0.15, 0.2) is 17.7 Å². The van der Waals surface area contributed by atoms with Gasteiger partial charge in [-0.15, -0.1) is 0 Å². The van der Waals surface area contributed by atoms with E-state index >= 15 is 0 Å². The fourth-order valence-electron chi connectivity index (χ4n) is 1.48. The minimum absolute atomic E-state index is 0.0239. The number of hydrogen-bond acceptors (Lipinski definition) is 2. The van der Waals surface area contributed by atoms with Crippen molar-refractivity contribution in [2.45, 2.75) is 13.5 Å². The molecule has 0 saturated heterocycles. The molecule has 0 fully saturated rings. The van der Waals surface area contributed by atoms with Crippen molar-refractivity contribution in [3.8, 4) is 0 Å². The first-order valence-corrected chi connectivity index (χ1v) is 4.94. The monoisotopic (exact) mass is 218 g/mol. The molecule has 82 valence electrons. The Bertz CT molecular complexity index is 516. The summed E-state index contributed by atoms with van der Waals surface area (Å²) in [5.74, 6) is -0.429. The van der Waals surface area contributed by atoms with Crippen molar-refractivity contribution in [1.82, 2.24) is 0 Å². The van der Waals surface area contributed by atoms with Gasteiger partial charge >= 0.3 is 5.97 Å². The molecule has 0 amide bonds. The van der Waals surface area contributed by atoms with Crippen LogP contribution in [0.1, 0.15) is 22.0 Å². The van der Waals surface area contributed by atoms with E-state index < -0.39 is 5.97 Å². The van der Waals surface area contributed by atoms with Crippen molar-refractivity contribution in [3.05, 3.63) is 53.7 Å². The predicted molar refractivity (Wildman–Crippen MR) is 56.1 cm³/mol. The van der Waals surface area contributed by atoms with E-state index in [2.05, 4.69) is 0 Å². The summed E-state index contributed by atoms with van der Waals surface area (Å²) < 4.78 is 7.17. The largest absolute Gasteiger partial charge is 0.475 e. The number of carboxylic acids is 1. The lowest BCUT2D eigenvalue weighted by Crippen LogP contribution is -2.36. The number of furan rings is 1. The second-order valence-corrected chi connectivity index (χ2v) is 3.54. The standard InChI is InChI=1S/C12H11NO3/c1-9-4-2-3-7-13(9)8-10-5-6-11(16-10)12(14)15/h2-7H,8H2,1H3/p+1. The van der Waals surface area contributed by atoms with E-state index in [4.69, 9.17) is 9.52 Å².